The average Bonchev–Trinajstić information content (AvgIpc) is 2.80. The van der Waals surface area contributed by atoms with Gasteiger partial charge in [0, 0.05) is 32.6 Å². The van der Waals surface area contributed by atoms with Crippen LogP contribution in [-0.2, 0) is 9.59 Å². The zero-order valence-electron chi connectivity index (χ0n) is 13.7. The highest BCUT2D eigenvalue weighted by molar-refractivity contribution is 5.89. The lowest BCUT2D eigenvalue weighted by molar-refractivity contribution is -0.137. The van der Waals surface area contributed by atoms with Crippen molar-refractivity contribution in [2.75, 3.05) is 46.8 Å². The van der Waals surface area contributed by atoms with Crippen LogP contribution in [-0.4, -0.2) is 73.3 Å². The quantitative estimate of drug-likeness (QED) is 0.761. The molecule has 0 radical (unpaired) electrons. The molecule has 0 saturated carbocycles. The maximum atomic E-state index is 12.5. The van der Waals surface area contributed by atoms with Crippen LogP contribution in [0, 0.1) is 11.8 Å². The first-order valence-corrected chi connectivity index (χ1v) is 8.18. The number of hydrogen-bond acceptors (Lipinski definition) is 3. The van der Waals surface area contributed by atoms with Gasteiger partial charge in [-0.1, -0.05) is 6.92 Å². The fourth-order valence-electron chi connectivity index (χ4n) is 3.22. The van der Waals surface area contributed by atoms with Crippen LogP contribution in [0.4, 0.5) is 0 Å². The molecule has 2 rings (SSSR count). The lowest BCUT2D eigenvalue weighted by atomic mass is 9.97. The molecule has 2 heterocycles. The highest BCUT2D eigenvalue weighted by atomic mass is 16.2. The van der Waals surface area contributed by atoms with Gasteiger partial charge in [0.2, 0.25) is 11.8 Å². The first kappa shape index (κ1) is 16.3. The minimum atomic E-state index is -0.106. The molecule has 2 fully saturated rings. The summed E-state index contributed by atoms with van der Waals surface area (Å²) >= 11 is 0. The fraction of sp³-hybridized carbons (Fsp3) is 0.875. The maximum Gasteiger partial charge on any atom is 0.227 e. The molecule has 5 heteroatoms. The number of nitrogens with zero attached hydrogens (tertiary/aromatic N) is 3. The van der Waals surface area contributed by atoms with Gasteiger partial charge in [-0.05, 0) is 45.8 Å². The van der Waals surface area contributed by atoms with E-state index in [4.69, 9.17) is 0 Å². The Balaban J connectivity index is 1.80. The minimum Gasteiger partial charge on any atom is -0.342 e. The third-order valence-corrected chi connectivity index (χ3v) is 4.69. The van der Waals surface area contributed by atoms with Gasteiger partial charge in [0.1, 0.15) is 0 Å². The summed E-state index contributed by atoms with van der Waals surface area (Å²) in [5, 5.41) is 0. The van der Waals surface area contributed by atoms with Crippen molar-refractivity contribution in [3.8, 4) is 0 Å². The zero-order chi connectivity index (χ0) is 15.4. The second kappa shape index (κ2) is 7.25. The Hall–Kier alpha value is -1.10. The van der Waals surface area contributed by atoms with E-state index in [0.29, 0.717) is 13.0 Å². The smallest absolute Gasteiger partial charge is 0.227 e. The van der Waals surface area contributed by atoms with Crippen molar-refractivity contribution in [2.24, 2.45) is 11.8 Å². The van der Waals surface area contributed by atoms with E-state index < -0.39 is 0 Å². The Morgan fingerprint density at radius 2 is 1.95 bits per heavy atom. The Morgan fingerprint density at radius 3 is 2.57 bits per heavy atom. The van der Waals surface area contributed by atoms with Gasteiger partial charge < -0.3 is 14.7 Å². The molecule has 5 nitrogen and oxygen atoms in total. The van der Waals surface area contributed by atoms with Gasteiger partial charge in [-0.3, -0.25) is 9.59 Å². The number of amides is 2. The van der Waals surface area contributed by atoms with E-state index in [-0.39, 0.29) is 17.7 Å². The van der Waals surface area contributed by atoms with E-state index >= 15 is 0 Å². The van der Waals surface area contributed by atoms with Crippen LogP contribution in [0.25, 0.3) is 0 Å². The van der Waals surface area contributed by atoms with Crippen molar-refractivity contribution in [1.29, 1.82) is 0 Å². The Morgan fingerprint density at radius 1 is 1.29 bits per heavy atom. The number of rotatable bonds is 5. The average molecular weight is 295 g/mol. The number of hydrogen-bond donors (Lipinski definition) is 0. The molecule has 0 spiro atoms. The summed E-state index contributed by atoms with van der Waals surface area (Å²) in [6, 6.07) is 0. The third kappa shape index (κ3) is 4.43. The summed E-state index contributed by atoms with van der Waals surface area (Å²) in [6.45, 7) is 6.35. The van der Waals surface area contributed by atoms with Crippen molar-refractivity contribution >= 4 is 11.8 Å². The summed E-state index contributed by atoms with van der Waals surface area (Å²) in [7, 11) is 4.07. The largest absolute Gasteiger partial charge is 0.342 e. The standard InChI is InChI=1S/C16H29N3O2/c1-13-5-9-18(10-6-13)16(21)14-11-15(20)19(12-14)8-4-7-17(2)3/h13-14H,4-12H2,1-3H3. The molecule has 120 valence electrons. The number of likely N-dealkylation sites (tertiary alicyclic amines) is 2. The summed E-state index contributed by atoms with van der Waals surface area (Å²) in [6.07, 6.45) is 3.58. The molecule has 0 N–H and O–H groups in total. The molecule has 0 bridgehead atoms. The Bertz CT molecular complexity index is 376. The van der Waals surface area contributed by atoms with E-state index in [9.17, 15) is 9.59 Å². The third-order valence-electron chi connectivity index (χ3n) is 4.69. The molecule has 0 aromatic carbocycles. The van der Waals surface area contributed by atoms with Crippen LogP contribution in [0.1, 0.15) is 32.6 Å². The number of piperidine rings is 1. The van der Waals surface area contributed by atoms with Crippen LogP contribution in [0.15, 0.2) is 0 Å². The van der Waals surface area contributed by atoms with Gasteiger partial charge in [-0.15, -0.1) is 0 Å². The van der Waals surface area contributed by atoms with Crippen molar-refractivity contribution in [2.45, 2.75) is 32.6 Å². The highest BCUT2D eigenvalue weighted by Gasteiger charge is 2.36. The van der Waals surface area contributed by atoms with Gasteiger partial charge in [0.15, 0.2) is 0 Å². The summed E-state index contributed by atoms with van der Waals surface area (Å²) in [5.74, 6) is 0.967. The predicted molar refractivity (Wildman–Crippen MR) is 82.8 cm³/mol. The minimum absolute atomic E-state index is 0.106. The fourth-order valence-corrected chi connectivity index (χ4v) is 3.22. The van der Waals surface area contributed by atoms with E-state index in [0.717, 1.165) is 51.4 Å². The van der Waals surface area contributed by atoms with Crippen LogP contribution in [0.3, 0.4) is 0 Å². The lowest BCUT2D eigenvalue weighted by Gasteiger charge is -2.32. The highest BCUT2D eigenvalue weighted by Crippen LogP contribution is 2.23. The topological polar surface area (TPSA) is 43.9 Å². The molecule has 0 aromatic heterocycles. The second-order valence-electron chi connectivity index (χ2n) is 6.91. The molecular formula is C16H29N3O2. The van der Waals surface area contributed by atoms with Gasteiger partial charge in [-0.25, -0.2) is 0 Å². The van der Waals surface area contributed by atoms with Crippen LogP contribution < -0.4 is 0 Å². The number of carbonyl (C=O) groups is 2. The van der Waals surface area contributed by atoms with Gasteiger partial charge in [0.25, 0.3) is 0 Å². The molecule has 2 aliphatic rings. The monoisotopic (exact) mass is 295 g/mol. The molecule has 2 saturated heterocycles. The van der Waals surface area contributed by atoms with Crippen molar-refractivity contribution in [1.82, 2.24) is 14.7 Å². The molecule has 1 atom stereocenters. The van der Waals surface area contributed by atoms with Gasteiger partial charge in [-0.2, -0.15) is 0 Å². The lowest BCUT2D eigenvalue weighted by Crippen LogP contribution is -2.42. The second-order valence-corrected chi connectivity index (χ2v) is 6.91. The van der Waals surface area contributed by atoms with Crippen LogP contribution in [0.5, 0.6) is 0 Å². The Kier molecular flexibility index (Phi) is 5.62. The molecular weight excluding hydrogens is 266 g/mol. The summed E-state index contributed by atoms with van der Waals surface area (Å²) < 4.78 is 0. The van der Waals surface area contributed by atoms with E-state index in [1.54, 1.807) is 0 Å². The first-order valence-electron chi connectivity index (χ1n) is 8.18. The summed E-state index contributed by atoms with van der Waals surface area (Å²) in [5.41, 5.74) is 0. The molecule has 2 amide bonds. The van der Waals surface area contributed by atoms with E-state index in [2.05, 4.69) is 11.8 Å². The molecule has 2 aliphatic heterocycles. The number of carbonyl (C=O) groups excluding carboxylic acids is 2. The molecule has 1 unspecified atom stereocenters. The van der Waals surface area contributed by atoms with Crippen molar-refractivity contribution in [3.05, 3.63) is 0 Å². The van der Waals surface area contributed by atoms with E-state index in [1.165, 1.54) is 0 Å². The predicted octanol–water partition coefficient (Wildman–Crippen LogP) is 1.05. The van der Waals surface area contributed by atoms with Gasteiger partial charge in [0.05, 0.1) is 5.92 Å². The van der Waals surface area contributed by atoms with Crippen LogP contribution >= 0.6 is 0 Å². The molecule has 0 aliphatic carbocycles. The Labute approximate surface area is 128 Å². The normalized spacial score (nSPS) is 24.2. The molecule has 0 aromatic rings. The van der Waals surface area contributed by atoms with Crippen LogP contribution in [0.2, 0.25) is 0 Å². The van der Waals surface area contributed by atoms with Gasteiger partial charge >= 0.3 is 0 Å². The summed E-state index contributed by atoms with van der Waals surface area (Å²) in [4.78, 5) is 30.5. The van der Waals surface area contributed by atoms with Crippen molar-refractivity contribution < 1.29 is 9.59 Å². The zero-order valence-corrected chi connectivity index (χ0v) is 13.7. The maximum absolute atomic E-state index is 12.5. The molecule has 21 heavy (non-hydrogen) atoms. The van der Waals surface area contributed by atoms with E-state index in [1.807, 2.05) is 23.9 Å². The first-order chi connectivity index (χ1) is 9.97. The SMILES string of the molecule is CC1CCN(C(=O)C2CC(=O)N(CCCN(C)C)C2)CC1. The van der Waals surface area contributed by atoms with Crippen molar-refractivity contribution in [3.63, 3.8) is 0 Å².